The first kappa shape index (κ1) is 26.1. The molecule has 1 aliphatic heterocycles. The van der Waals surface area contributed by atoms with Crippen LogP contribution in [0.4, 0.5) is 9.59 Å². The second kappa shape index (κ2) is 11.1. The third kappa shape index (κ3) is 5.81. The number of phenolic OH excluding ortho intramolecular Hbond substituents is 1. The molecule has 0 saturated carbocycles. The van der Waals surface area contributed by atoms with E-state index >= 15 is 0 Å². The van der Waals surface area contributed by atoms with Crippen LogP contribution < -0.4 is 16.0 Å². The molecule has 1 saturated heterocycles. The summed E-state index contributed by atoms with van der Waals surface area (Å²) in [5, 5.41) is 26.2. The summed E-state index contributed by atoms with van der Waals surface area (Å²) in [5.41, 5.74) is 0.382. The first-order chi connectivity index (χ1) is 16.0. The number of carbonyl (C=O) groups is 5. The summed E-state index contributed by atoms with van der Waals surface area (Å²) < 4.78 is 4.93. The lowest BCUT2D eigenvalue weighted by atomic mass is 10.0. The molecule has 13 nitrogen and oxygen atoms in total. The highest BCUT2D eigenvalue weighted by Crippen LogP contribution is 2.23. The molecule has 13 heteroatoms. The number of hydrogen-bond donors (Lipinski definition) is 5. The number of phenols is 1. The van der Waals surface area contributed by atoms with Gasteiger partial charge >= 0.3 is 18.0 Å². The summed E-state index contributed by atoms with van der Waals surface area (Å²) in [6.45, 7) is 1.43. The van der Waals surface area contributed by atoms with Gasteiger partial charge in [-0.25, -0.2) is 19.3 Å². The van der Waals surface area contributed by atoms with Crippen LogP contribution in [0, 0.1) is 0 Å². The molecule has 0 radical (unpaired) electrons. The molecule has 1 fully saturated rings. The molecule has 0 spiro atoms. The molecule has 6 amide bonds. The van der Waals surface area contributed by atoms with Crippen LogP contribution in [0.2, 0.25) is 0 Å². The van der Waals surface area contributed by atoms with E-state index in [1.54, 1.807) is 0 Å². The second-order valence-electron chi connectivity index (χ2n) is 7.47. The summed E-state index contributed by atoms with van der Waals surface area (Å²) in [6.07, 6.45) is 0. The molecule has 5 N–H and O–H groups in total. The quantitative estimate of drug-likeness (QED) is 0.251. The fourth-order valence-corrected chi connectivity index (χ4v) is 3.25. The standard InChI is InChI=1S/C21H27N5O8/c1-11(10-34-4)16(19(30)31)26-9-14(18(26)29)23-17(28)15(12-5-7-13(27)8-6-12)24-21(33)25(3)20(32)22-2/h5-8,14-15,27H,9-10H2,1-4H3,(H,22,32)(H,23,28)(H,24,33)(H,30,31). The van der Waals surface area contributed by atoms with Crippen molar-refractivity contribution in [3.05, 3.63) is 41.1 Å². The zero-order valence-corrected chi connectivity index (χ0v) is 19.1. The molecule has 2 rings (SSSR count). The largest absolute Gasteiger partial charge is 0.508 e. The zero-order chi connectivity index (χ0) is 25.6. The van der Waals surface area contributed by atoms with Gasteiger partial charge in [-0.1, -0.05) is 12.1 Å². The molecule has 2 atom stereocenters. The van der Waals surface area contributed by atoms with Crippen molar-refractivity contribution in [1.82, 2.24) is 25.8 Å². The van der Waals surface area contributed by atoms with Crippen LogP contribution in [-0.2, 0) is 19.1 Å². The molecule has 0 aromatic heterocycles. The summed E-state index contributed by atoms with van der Waals surface area (Å²) >= 11 is 0. The Hall–Kier alpha value is -4.13. The van der Waals surface area contributed by atoms with E-state index in [-0.39, 0.29) is 30.2 Å². The molecule has 1 heterocycles. The monoisotopic (exact) mass is 477 g/mol. The SMILES string of the molecule is CNC(=O)N(C)C(=O)NC(C(=O)NC1CN(C(C(=O)O)=C(C)COC)C1=O)c1ccc(O)cc1. The molecule has 0 bridgehead atoms. The highest BCUT2D eigenvalue weighted by Gasteiger charge is 2.43. The Balaban J connectivity index is 2.20. The van der Waals surface area contributed by atoms with E-state index in [1.807, 2.05) is 0 Å². The van der Waals surface area contributed by atoms with Crippen molar-refractivity contribution in [3.63, 3.8) is 0 Å². The number of rotatable bonds is 8. The highest BCUT2D eigenvalue weighted by molar-refractivity contribution is 6.01. The number of hydrogen-bond acceptors (Lipinski definition) is 7. The number of carboxylic acid groups (broad SMARTS) is 1. The average molecular weight is 477 g/mol. The Morgan fingerprint density at radius 2 is 1.82 bits per heavy atom. The third-order valence-corrected chi connectivity index (χ3v) is 5.06. The molecule has 2 unspecified atom stereocenters. The lowest BCUT2D eigenvalue weighted by molar-refractivity contribution is -0.149. The van der Waals surface area contributed by atoms with Gasteiger partial charge in [-0.15, -0.1) is 0 Å². The van der Waals surface area contributed by atoms with Gasteiger partial charge in [-0.05, 0) is 30.2 Å². The molecular formula is C21H27N5O8. The van der Waals surface area contributed by atoms with E-state index < -0.39 is 41.9 Å². The van der Waals surface area contributed by atoms with Crippen LogP contribution in [0.5, 0.6) is 5.75 Å². The summed E-state index contributed by atoms with van der Waals surface area (Å²) in [4.78, 5) is 63.1. The number of imide groups is 1. The maximum Gasteiger partial charge on any atom is 0.352 e. The number of amides is 6. The predicted octanol–water partition coefficient (Wildman–Crippen LogP) is -0.254. The Morgan fingerprint density at radius 3 is 2.32 bits per heavy atom. The molecule has 0 aliphatic carbocycles. The summed E-state index contributed by atoms with van der Waals surface area (Å²) in [7, 11) is 3.93. The van der Waals surface area contributed by atoms with E-state index in [1.165, 1.54) is 52.4 Å². The van der Waals surface area contributed by atoms with Crippen molar-refractivity contribution in [2.24, 2.45) is 0 Å². The fourth-order valence-electron chi connectivity index (χ4n) is 3.25. The van der Waals surface area contributed by atoms with Crippen LogP contribution in [-0.4, -0.2) is 90.3 Å². The van der Waals surface area contributed by atoms with Gasteiger partial charge in [0.25, 0.3) is 5.91 Å². The molecule has 184 valence electrons. The Labute approximate surface area is 195 Å². The van der Waals surface area contributed by atoms with Crippen molar-refractivity contribution < 1.29 is 38.9 Å². The number of carboxylic acids is 1. The number of methoxy groups -OCH3 is 1. The van der Waals surface area contributed by atoms with E-state index in [9.17, 15) is 34.2 Å². The van der Waals surface area contributed by atoms with Crippen LogP contribution in [0.1, 0.15) is 18.5 Å². The van der Waals surface area contributed by atoms with E-state index in [4.69, 9.17) is 4.74 Å². The lowest BCUT2D eigenvalue weighted by Gasteiger charge is -2.39. The maximum absolute atomic E-state index is 13.0. The normalized spacial score (nSPS) is 16.5. The molecule has 34 heavy (non-hydrogen) atoms. The van der Waals surface area contributed by atoms with Gasteiger partial charge in [-0.2, -0.15) is 0 Å². The predicted molar refractivity (Wildman–Crippen MR) is 117 cm³/mol. The van der Waals surface area contributed by atoms with Crippen molar-refractivity contribution >= 4 is 29.8 Å². The van der Waals surface area contributed by atoms with Crippen LogP contribution >= 0.6 is 0 Å². The minimum Gasteiger partial charge on any atom is -0.508 e. The number of ether oxygens (including phenoxy) is 1. The maximum atomic E-state index is 13.0. The van der Waals surface area contributed by atoms with Gasteiger partial charge in [0.1, 0.15) is 23.5 Å². The minimum atomic E-state index is -1.31. The number of nitrogens with zero attached hydrogens (tertiary/aromatic N) is 2. The number of aromatic hydroxyl groups is 1. The van der Waals surface area contributed by atoms with Gasteiger partial charge < -0.3 is 35.8 Å². The Kier molecular flexibility index (Phi) is 8.56. The third-order valence-electron chi connectivity index (χ3n) is 5.06. The summed E-state index contributed by atoms with van der Waals surface area (Å²) in [6, 6.07) is 1.47. The molecule has 1 aromatic carbocycles. The Bertz CT molecular complexity index is 1010. The zero-order valence-electron chi connectivity index (χ0n) is 19.1. The van der Waals surface area contributed by atoms with Gasteiger partial charge in [0, 0.05) is 21.2 Å². The first-order valence-electron chi connectivity index (χ1n) is 10.1. The second-order valence-corrected chi connectivity index (χ2v) is 7.47. The van der Waals surface area contributed by atoms with Gasteiger partial charge in [0.05, 0.1) is 13.2 Å². The number of benzene rings is 1. The van der Waals surface area contributed by atoms with Gasteiger partial charge in [-0.3, -0.25) is 9.59 Å². The molecule has 1 aromatic rings. The van der Waals surface area contributed by atoms with Gasteiger partial charge in [0.2, 0.25) is 5.91 Å². The highest BCUT2D eigenvalue weighted by atomic mass is 16.5. The lowest BCUT2D eigenvalue weighted by Crippen LogP contribution is -2.65. The van der Waals surface area contributed by atoms with Crippen LogP contribution in [0.3, 0.4) is 0 Å². The van der Waals surface area contributed by atoms with E-state index in [0.717, 1.165) is 9.80 Å². The minimum absolute atomic E-state index is 0.0102. The molecular weight excluding hydrogens is 450 g/mol. The van der Waals surface area contributed by atoms with E-state index in [0.29, 0.717) is 5.57 Å². The van der Waals surface area contributed by atoms with Crippen LogP contribution in [0.15, 0.2) is 35.5 Å². The number of carbonyl (C=O) groups excluding carboxylic acids is 4. The van der Waals surface area contributed by atoms with Crippen molar-refractivity contribution in [2.45, 2.75) is 19.0 Å². The summed E-state index contributed by atoms with van der Waals surface area (Å²) in [5.74, 6) is -2.78. The number of aliphatic carboxylic acids is 1. The van der Waals surface area contributed by atoms with Crippen molar-refractivity contribution in [2.75, 3.05) is 34.4 Å². The molecule has 1 aliphatic rings. The van der Waals surface area contributed by atoms with Crippen molar-refractivity contribution in [3.8, 4) is 5.75 Å². The number of likely N-dealkylation sites (tertiary alicyclic amines) is 1. The smallest absolute Gasteiger partial charge is 0.352 e. The van der Waals surface area contributed by atoms with Gasteiger partial charge in [0.15, 0.2) is 0 Å². The average Bonchev–Trinajstić information content (AvgIpc) is 2.80. The van der Waals surface area contributed by atoms with Crippen LogP contribution in [0.25, 0.3) is 0 Å². The topological polar surface area (TPSA) is 178 Å². The van der Waals surface area contributed by atoms with E-state index in [2.05, 4.69) is 16.0 Å². The number of β-lactam (4-membered cyclic amide) rings is 1. The number of nitrogens with one attached hydrogen (secondary N) is 3. The fraction of sp³-hybridized carbons (Fsp3) is 0.381. The first-order valence-corrected chi connectivity index (χ1v) is 10.1. The number of urea groups is 2. The Morgan fingerprint density at radius 1 is 1.21 bits per heavy atom. The van der Waals surface area contributed by atoms with Crippen molar-refractivity contribution in [1.29, 1.82) is 0 Å².